The number of carbonyl (C=O) groups excluding carboxylic acids is 2. The van der Waals surface area contributed by atoms with Crippen LogP contribution in [0.1, 0.15) is 12.0 Å². The van der Waals surface area contributed by atoms with Crippen molar-refractivity contribution in [3.8, 4) is 0 Å². The Hall–Kier alpha value is -2.82. The van der Waals surface area contributed by atoms with Crippen molar-refractivity contribution in [1.29, 1.82) is 0 Å². The van der Waals surface area contributed by atoms with Crippen LogP contribution in [-0.4, -0.2) is 49.9 Å². The molecule has 1 atom stereocenters. The lowest BCUT2D eigenvalue weighted by atomic mass is 10.1. The van der Waals surface area contributed by atoms with E-state index >= 15 is 0 Å². The summed E-state index contributed by atoms with van der Waals surface area (Å²) in [4.78, 5) is 28.5. The molecule has 1 fully saturated rings. The van der Waals surface area contributed by atoms with Crippen molar-refractivity contribution >= 4 is 44.9 Å². The Bertz CT molecular complexity index is 1060. The lowest BCUT2D eigenvalue weighted by molar-refractivity contribution is -0.122. The van der Waals surface area contributed by atoms with E-state index in [0.717, 1.165) is 5.56 Å². The second-order valence-corrected chi connectivity index (χ2v) is 8.76. The van der Waals surface area contributed by atoms with E-state index in [9.17, 15) is 18.0 Å². The van der Waals surface area contributed by atoms with E-state index < -0.39 is 16.1 Å². The van der Waals surface area contributed by atoms with Crippen LogP contribution < -0.4 is 15.4 Å². The number of sulfonamides is 1. The van der Waals surface area contributed by atoms with Crippen molar-refractivity contribution in [2.45, 2.75) is 23.8 Å². The molecule has 0 aliphatic carbocycles. The molecule has 1 heterocycles. The standard InChI is InChI=1S/C20H22N4O4S2/c1-22-20(29)23(12-11-14-7-9-16(10-8-14)30(21,27)28)17-13-18(25)24(19(17)26)15-5-3-2-4-6-15/h2-10,17H,11-13H2,1H3,(H,22,29)(H2,21,27,28)/t17-/m1/s1. The van der Waals surface area contributed by atoms with Gasteiger partial charge in [0.25, 0.3) is 5.91 Å². The van der Waals surface area contributed by atoms with Gasteiger partial charge in [-0.25, -0.2) is 18.5 Å². The fourth-order valence-corrected chi connectivity index (χ4v) is 4.08. The van der Waals surface area contributed by atoms with Crippen molar-refractivity contribution in [3.63, 3.8) is 0 Å². The third-order valence-electron chi connectivity index (χ3n) is 4.88. The van der Waals surface area contributed by atoms with Crippen molar-refractivity contribution in [2.24, 2.45) is 5.14 Å². The van der Waals surface area contributed by atoms with Gasteiger partial charge in [0.05, 0.1) is 17.0 Å². The lowest BCUT2D eigenvalue weighted by Gasteiger charge is -2.29. The number of carbonyl (C=O) groups is 2. The Morgan fingerprint density at radius 1 is 1.17 bits per heavy atom. The maximum Gasteiger partial charge on any atom is 0.257 e. The molecule has 8 nitrogen and oxygen atoms in total. The number of hydrogen-bond donors (Lipinski definition) is 2. The number of hydrogen-bond acceptors (Lipinski definition) is 5. The Morgan fingerprint density at radius 3 is 2.37 bits per heavy atom. The fraction of sp³-hybridized carbons (Fsp3) is 0.250. The van der Waals surface area contributed by atoms with Crippen molar-refractivity contribution in [1.82, 2.24) is 10.2 Å². The first-order chi connectivity index (χ1) is 14.2. The molecular formula is C20H22N4O4S2. The van der Waals surface area contributed by atoms with Gasteiger partial charge in [-0.15, -0.1) is 0 Å². The quantitative estimate of drug-likeness (QED) is 0.503. The molecule has 158 valence electrons. The smallest absolute Gasteiger partial charge is 0.257 e. The molecule has 10 heteroatoms. The Morgan fingerprint density at radius 2 is 1.80 bits per heavy atom. The minimum atomic E-state index is -3.76. The molecule has 0 unspecified atom stereocenters. The molecule has 2 aromatic carbocycles. The molecule has 2 amide bonds. The summed E-state index contributed by atoms with van der Waals surface area (Å²) in [6.45, 7) is 0.376. The molecule has 1 aliphatic heterocycles. The highest BCUT2D eigenvalue weighted by Crippen LogP contribution is 2.26. The van der Waals surface area contributed by atoms with Crippen LogP contribution in [0.15, 0.2) is 59.5 Å². The molecular weight excluding hydrogens is 424 g/mol. The number of rotatable bonds is 6. The highest BCUT2D eigenvalue weighted by molar-refractivity contribution is 7.89. The highest BCUT2D eigenvalue weighted by Gasteiger charge is 2.43. The first-order valence-electron chi connectivity index (χ1n) is 9.24. The SMILES string of the molecule is CNC(=S)N(CCc1ccc(S(N)(=O)=O)cc1)[C@@H]1CC(=O)N(c2ccccc2)C1=O. The lowest BCUT2D eigenvalue weighted by Crippen LogP contribution is -2.49. The first-order valence-corrected chi connectivity index (χ1v) is 11.2. The molecule has 0 bridgehead atoms. The largest absolute Gasteiger partial charge is 0.366 e. The third kappa shape index (κ3) is 4.66. The van der Waals surface area contributed by atoms with E-state index in [1.807, 2.05) is 6.07 Å². The monoisotopic (exact) mass is 446 g/mol. The number of nitrogens with zero attached hydrogens (tertiary/aromatic N) is 2. The number of thiocarbonyl (C=S) groups is 1. The number of para-hydroxylation sites is 1. The third-order valence-corrected chi connectivity index (χ3v) is 6.25. The van der Waals surface area contributed by atoms with Crippen LogP contribution in [0.5, 0.6) is 0 Å². The number of anilines is 1. The van der Waals surface area contributed by atoms with Crippen LogP contribution in [0.3, 0.4) is 0 Å². The zero-order valence-electron chi connectivity index (χ0n) is 16.3. The number of imide groups is 1. The van der Waals surface area contributed by atoms with E-state index in [4.69, 9.17) is 17.4 Å². The van der Waals surface area contributed by atoms with E-state index in [1.54, 1.807) is 48.3 Å². The maximum absolute atomic E-state index is 13.0. The minimum absolute atomic E-state index is 0.0277. The van der Waals surface area contributed by atoms with Gasteiger partial charge in [-0.1, -0.05) is 30.3 Å². The normalized spacial score (nSPS) is 16.6. The molecule has 1 saturated heterocycles. The number of nitrogens with two attached hydrogens (primary N) is 1. The Kier molecular flexibility index (Phi) is 6.49. The maximum atomic E-state index is 13.0. The average molecular weight is 447 g/mol. The minimum Gasteiger partial charge on any atom is -0.366 e. The first kappa shape index (κ1) is 21.9. The molecule has 1 aliphatic rings. The molecule has 0 saturated carbocycles. The topological polar surface area (TPSA) is 113 Å². The van der Waals surface area contributed by atoms with Gasteiger partial charge in [0.2, 0.25) is 15.9 Å². The van der Waals surface area contributed by atoms with Gasteiger partial charge in [0.1, 0.15) is 6.04 Å². The highest BCUT2D eigenvalue weighted by atomic mass is 32.2. The number of amides is 2. The predicted octanol–water partition coefficient (Wildman–Crippen LogP) is 1.01. The summed E-state index contributed by atoms with van der Waals surface area (Å²) >= 11 is 5.38. The molecule has 0 aromatic heterocycles. The zero-order chi connectivity index (χ0) is 21.9. The van der Waals surface area contributed by atoms with Crippen LogP contribution in [0.25, 0.3) is 0 Å². The summed E-state index contributed by atoms with van der Waals surface area (Å²) in [5, 5.41) is 8.36. The van der Waals surface area contributed by atoms with Crippen LogP contribution in [-0.2, 0) is 26.0 Å². The van der Waals surface area contributed by atoms with Crippen LogP contribution in [0, 0.1) is 0 Å². The summed E-state index contributed by atoms with van der Waals surface area (Å²) in [5.41, 5.74) is 1.38. The van der Waals surface area contributed by atoms with Crippen LogP contribution in [0.4, 0.5) is 5.69 Å². The summed E-state index contributed by atoms with van der Waals surface area (Å²) < 4.78 is 22.8. The van der Waals surface area contributed by atoms with Crippen molar-refractivity contribution in [2.75, 3.05) is 18.5 Å². The van der Waals surface area contributed by atoms with Gasteiger partial charge >= 0.3 is 0 Å². The summed E-state index contributed by atoms with van der Waals surface area (Å²) in [7, 11) is -2.10. The summed E-state index contributed by atoms with van der Waals surface area (Å²) in [5.74, 6) is -0.606. The number of nitrogens with one attached hydrogen (secondary N) is 1. The predicted molar refractivity (Wildman–Crippen MR) is 117 cm³/mol. The van der Waals surface area contributed by atoms with Gasteiger partial charge in [-0.2, -0.15) is 0 Å². The average Bonchev–Trinajstić information content (AvgIpc) is 3.02. The Balaban J connectivity index is 1.77. The van der Waals surface area contributed by atoms with E-state index in [1.165, 1.54) is 17.0 Å². The second-order valence-electron chi connectivity index (χ2n) is 6.81. The molecule has 0 radical (unpaired) electrons. The summed E-state index contributed by atoms with van der Waals surface area (Å²) in [6.07, 6.45) is 0.524. The van der Waals surface area contributed by atoms with Crippen molar-refractivity contribution in [3.05, 3.63) is 60.2 Å². The molecule has 30 heavy (non-hydrogen) atoms. The molecule has 3 N–H and O–H groups in total. The van der Waals surface area contributed by atoms with Gasteiger partial charge < -0.3 is 10.2 Å². The number of benzene rings is 2. The van der Waals surface area contributed by atoms with Gasteiger partial charge in [0.15, 0.2) is 5.11 Å². The van der Waals surface area contributed by atoms with Gasteiger partial charge in [0, 0.05) is 13.6 Å². The number of primary sulfonamides is 1. The fourth-order valence-electron chi connectivity index (χ4n) is 3.35. The molecule has 3 rings (SSSR count). The van der Waals surface area contributed by atoms with E-state index in [0.29, 0.717) is 23.8 Å². The molecule has 2 aromatic rings. The van der Waals surface area contributed by atoms with Gasteiger partial charge in [-0.05, 0) is 48.5 Å². The second kappa shape index (κ2) is 8.90. The zero-order valence-corrected chi connectivity index (χ0v) is 17.9. The van der Waals surface area contributed by atoms with Crippen LogP contribution in [0.2, 0.25) is 0 Å². The van der Waals surface area contributed by atoms with E-state index in [-0.39, 0.29) is 23.1 Å². The molecule has 0 spiro atoms. The van der Waals surface area contributed by atoms with E-state index in [2.05, 4.69) is 5.32 Å². The Labute approximate surface area is 180 Å². The summed E-state index contributed by atoms with van der Waals surface area (Å²) in [6, 6.07) is 14.3. The van der Waals surface area contributed by atoms with Crippen molar-refractivity contribution < 1.29 is 18.0 Å². The van der Waals surface area contributed by atoms with Crippen LogP contribution >= 0.6 is 12.2 Å². The van der Waals surface area contributed by atoms with Gasteiger partial charge in [-0.3, -0.25) is 9.59 Å².